The summed E-state index contributed by atoms with van der Waals surface area (Å²) in [7, 11) is 0. The van der Waals surface area contributed by atoms with E-state index in [1.165, 1.54) is 0 Å². The summed E-state index contributed by atoms with van der Waals surface area (Å²) in [5.74, 6) is -0.235. The van der Waals surface area contributed by atoms with Crippen molar-refractivity contribution < 1.29 is 9.59 Å². The fourth-order valence-corrected chi connectivity index (χ4v) is 4.70. The molecule has 186 valence electrons. The number of carbonyl (C=O) groups is 2. The molecule has 0 radical (unpaired) electrons. The number of hydrogen-bond acceptors (Lipinski definition) is 4. The van der Waals surface area contributed by atoms with Crippen molar-refractivity contribution in [2.24, 2.45) is 0 Å². The van der Waals surface area contributed by atoms with Gasteiger partial charge in [0, 0.05) is 53.7 Å². The molecule has 8 heteroatoms. The van der Waals surface area contributed by atoms with E-state index in [1.54, 1.807) is 30.3 Å². The molecule has 0 aliphatic carbocycles. The quantitative estimate of drug-likeness (QED) is 0.338. The molecule has 2 N–H and O–H groups in total. The first-order valence-corrected chi connectivity index (χ1v) is 12.8. The molecule has 37 heavy (non-hydrogen) atoms. The van der Waals surface area contributed by atoms with Crippen molar-refractivity contribution in [1.29, 1.82) is 0 Å². The van der Waals surface area contributed by atoms with Crippen LogP contribution in [0.1, 0.15) is 20.7 Å². The fraction of sp³-hybridized carbons (Fsp3) is 0.138. The first-order valence-electron chi connectivity index (χ1n) is 12.0. The first-order chi connectivity index (χ1) is 18.0. The molecule has 0 saturated carbocycles. The number of fused-ring (bicyclic) bond motifs is 1. The maximum Gasteiger partial charge on any atom is 0.257 e. The second kappa shape index (κ2) is 11.0. The molecular formula is C29H25ClN4O2S. The summed E-state index contributed by atoms with van der Waals surface area (Å²) < 4.78 is 0. The summed E-state index contributed by atoms with van der Waals surface area (Å²) in [5, 5.41) is 8.75. The van der Waals surface area contributed by atoms with Gasteiger partial charge in [-0.05, 0) is 83.7 Å². The number of anilines is 2. The van der Waals surface area contributed by atoms with Crippen molar-refractivity contribution in [3.63, 3.8) is 0 Å². The molecule has 0 atom stereocenters. The van der Waals surface area contributed by atoms with E-state index in [2.05, 4.69) is 15.5 Å². The van der Waals surface area contributed by atoms with Gasteiger partial charge in [-0.1, -0.05) is 41.9 Å². The molecule has 6 nitrogen and oxygen atoms in total. The molecule has 4 aromatic rings. The summed E-state index contributed by atoms with van der Waals surface area (Å²) in [4.78, 5) is 29.5. The minimum atomic E-state index is -0.258. The number of piperazine rings is 1. The molecule has 0 spiro atoms. The maximum absolute atomic E-state index is 12.7. The standard InChI is InChI=1S/C29H25ClN4O2S/c30-24-9-7-21(8-10-24)28(36)34-17-15-33(16-18-34)26-13-11-25(12-14-26)31-29(37)32-27(35)23-6-5-20-3-1-2-4-22(20)19-23/h1-14,19H,15-18H2,(H2,31,32,35,37). The number of halogens is 1. The van der Waals surface area contributed by atoms with Crippen LogP contribution in [-0.2, 0) is 0 Å². The van der Waals surface area contributed by atoms with Gasteiger partial charge in [-0.25, -0.2) is 0 Å². The SMILES string of the molecule is O=C(NC(=S)Nc1ccc(N2CCN(C(=O)c3ccc(Cl)cc3)CC2)cc1)c1ccc2ccccc2c1. The minimum Gasteiger partial charge on any atom is -0.368 e. The lowest BCUT2D eigenvalue weighted by molar-refractivity contribution is 0.0746. The van der Waals surface area contributed by atoms with Crippen LogP contribution in [-0.4, -0.2) is 48.0 Å². The topological polar surface area (TPSA) is 64.7 Å². The number of rotatable bonds is 4. The third-order valence-corrected chi connectivity index (χ3v) is 6.84. The van der Waals surface area contributed by atoms with E-state index >= 15 is 0 Å². The Morgan fingerprint density at radius 3 is 2.11 bits per heavy atom. The Balaban J connectivity index is 1.13. The molecule has 0 unspecified atom stereocenters. The van der Waals surface area contributed by atoms with E-state index in [0.29, 0.717) is 29.2 Å². The summed E-state index contributed by atoms with van der Waals surface area (Å²) in [6.07, 6.45) is 0. The summed E-state index contributed by atoms with van der Waals surface area (Å²) in [6.45, 7) is 2.78. The lowest BCUT2D eigenvalue weighted by Gasteiger charge is -2.36. The van der Waals surface area contributed by atoms with E-state index in [4.69, 9.17) is 23.8 Å². The van der Waals surface area contributed by atoms with Gasteiger partial charge in [0.15, 0.2) is 5.11 Å². The monoisotopic (exact) mass is 528 g/mol. The second-order valence-electron chi connectivity index (χ2n) is 8.80. The highest BCUT2D eigenvalue weighted by atomic mass is 35.5. The smallest absolute Gasteiger partial charge is 0.257 e. The van der Waals surface area contributed by atoms with Crippen LogP contribution in [0.4, 0.5) is 11.4 Å². The zero-order valence-electron chi connectivity index (χ0n) is 20.0. The molecule has 0 bridgehead atoms. The highest BCUT2D eigenvalue weighted by Crippen LogP contribution is 2.21. The Hall–Kier alpha value is -3.94. The zero-order chi connectivity index (χ0) is 25.8. The van der Waals surface area contributed by atoms with Crippen LogP contribution in [0.2, 0.25) is 5.02 Å². The van der Waals surface area contributed by atoms with E-state index in [0.717, 1.165) is 35.2 Å². The van der Waals surface area contributed by atoms with Crippen LogP contribution >= 0.6 is 23.8 Å². The number of nitrogens with zero attached hydrogens (tertiary/aromatic N) is 2. The highest BCUT2D eigenvalue weighted by Gasteiger charge is 2.22. The highest BCUT2D eigenvalue weighted by molar-refractivity contribution is 7.80. The molecular weight excluding hydrogens is 504 g/mol. The van der Waals surface area contributed by atoms with Crippen LogP contribution in [0.25, 0.3) is 10.8 Å². The predicted octanol–water partition coefficient (Wildman–Crippen LogP) is 5.58. The van der Waals surface area contributed by atoms with Crippen molar-refractivity contribution in [3.8, 4) is 0 Å². The molecule has 0 aromatic heterocycles. The largest absolute Gasteiger partial charge is 0.368 e. The van der Waals surface area contributed by atoms with Gasteiger partial charge in [0.2, 0.25) is 0 Å². The molecule has 5 rings (SSSR count). The Labute approximate surface area is 225 Å². The average Bonchev–Trinajstić information content (AvgIpc) is 2.93. The number of nitrogens with one attached hydrogen (secondary N) is 2. The van der Waals surface area contributed by atoms with Crippen molar-refractivity contribution in [2.75, 3.05) is 36.4 Å². The Morgan fingerprint density at radius 2 is 1.41 bits per heavy atom. The number of amides is 2. The van der Waals surface area contributed by atoms with Crippen molar-refractivity contribution >= 4 is 62.9 Å². The van der Waals surface area contributed by atoms with E-state index in [9.17, 15) is 9.59 Å². The molecule has 1 aliphatic heterocycles. The Kier molecular flexibility index (Phi) is 7.35. The van der Waals surface area contributed by atoms with Crippen LogP contribution in [0.15, 0.2) is 91.0 Å². The van der Waals surface area contributed by atoms with Gasteiger partial charge < -0.3 is 15.1 Å². The molecule has 1 aliphatic rings. The van der Waals surface area contributed by atoms with Crippen LogP contribution in [0, 0.1) is 0 Å². The fourth-order valence-electron chi connectivity index (χ4n) is 4.37. The van der Waals surface area contributed by atoms with Crippen molar-refractivity contribution in [3.05, 3.63) is 107 Å². The lowest BCUT2D eigenvalue weighted by Crippen LogP contribution is -2.48. The lowest BCUT2D eigenvalue weighted by atomic mass is 10.1. The number of hydrogen-bond donors (Lipinski definition) is 2. The van der Waals surface area contributed by atoms with Gasteiger partial charge in [0.05, 0.1) is 0 Å². The summed E-state index contributed by atoms with van der Waals surface area (Å²) >= 11 is 11.3. The van der Waals surface area contributed by atoms with E-state index < -0.39 is 0 Å². The molecule has 4 aromatic carbocycles. The number of benzene rings is 4. The van der Waals surface area contributed by atoms with E-state index in [-0.39, 0.29) is 16.9 Å². The molecule has 2 amide bonds. The van der Waals surface area contributed by atoms with Crippen molar-refractivity contribution in [1.82, 2.24) is 10.2 Å². The maximum atomic E-state index is 12.7. The first kappa shape index (κ1) is 24.7. The van der Waals surface area contributed by atoms with Crippen LogP contribution in [0.5, 0.6) is 0 Å². The third-order valence-electron chi connectivity index (χ3n) is 6.39. The predicted molar refractivity (Wildman–Crippen MR) is 154 cm³/mol. The Bertz CT molecular complexity index is 1450. The second-order valence-corrected chi connectivity index (χ2v) is 9.65. The van der Waals surface area contributed by atoms with Crippen LogP contribution in [0.3, 0.4) is 0 Å². The third kappa shape index (κ3) is 5.90. The van der Waals surface area contributed by atoms with Crippen molar-refractivity contribution in [2.45, 2.75) is 0 Å². The summed E-state index contributed by atoms with van der Waals surface area (Å²) in [6, 6.07) is 28.3. The normalized spacial score (nSPS) is 13.3. The molecule has 1 fully saturated rings. The van der Waals surface area contributed by atoms with Gasteiger partial charge in [-0.15, -0.1) is 0 Å². The van der Waals surface area contributed by atoms with Gasteiger partial charge in [-0.2, -0.15) is 0 Å². The van der Waals surface area contributed by atoms with Gasteiger partial charge in [0.25, 0.3) is 11.8 Å². The summed E-state index contributed by atoms with van der Waals surface area (Å²) in [5.41, 5.74) is 3.04. The average molecular weight is 529 g/mol. The number of thiocarbonyl (C=S) groups is 1. The van der Waals surface area contributed by atoms with Gasteiger partial charge >= 0.3 is 0 Å². The van der Waals surface area contributed by atoms with Crippen LogP contribution < -0.4 is 15.5 Å². The minimum absolute atomic E-state index is 0.0233. The molecule has 1 saturated heterocycles. The molecule has 1 heterocycles. The Morgan fingerprint density at radius 1 is 0.757 bits per heavy atom. The zero-order valence-corrected chi connectivity index (χ0v) is 21.6. The van der Waals surface area contributed by atoms with E-state index in [1.807, 2.05) is 65.6 Å². The number of carbonyl (C=O) groups excluding carboxylic acids is 2. The van der Waals surface area contributed by atoms with Gasteiger partial charge in [-0.3, -0.25) is 14.9 Å². The van der Waals surface area contributed by atoms with Gasteiger partial charge in [0.1, 0.15) is 0 Å².